The highest BCUT2D eigenvalue weighted by molar-refractivity contribution is 5.79. The minimum atomic E-state index is -0.841. The average Bonchev–Trinajstić information content (AvgIpc) is 2.64. The van der Waals surface area contributed by atoms with E-state index < -0.39 is 12.2 Å². The molecule has 3 atom stereocenters. The van der Waals surface area contributed by atoms with Crippen molar-refractivity contribution in [3.05, 3.63) is 29.8 Å². The van der Waals surface area contributed by atoms with Crippen molar-refractivity contribution >= 4 is 5.91 Å². The third kappa shape index (κ3) is 4.30. The van der Waals surface area contributed by atoms with Crippen molar-refractivity contribution in [3.8, 4) is 5.75 Å². The molecule has 2 fully saturated rings. The smallest absolute Gasteiger partial charge is 0.227 e. The number of carbonyl (C=O) groups excluding carboxylic acids is 1. The van der Waals surface area contributed by atoms with Crippen LogP contribution in [0, 0.1) is 0 Å². The van der Waals surface area contributed by atoms with Crippen LogP contribution >= 0.6 is 0 Å². The van der Waals surface area contributed by atoms with E-state index in [0.29, 0.717) is 39.2 Å². The molecule has 2 saturated heterocycles. The molecule has 1 amide bonds. The maximum absolute atomic E-state index is 12.5. The van der Waals surface area contributed by atoms with Gasteiger partial charge in [0, 0.05) is 26.2 Å². The van der Waals surface area contributed by atoms with Gasteiger partial charge in [0.25, 0.3) is 0 Å². The first-order valence-electron chi connectivity index (χ1n) is 8.67. The Labute approximate surface area is 147 Å². The van der Waals surface area contributed by atoms with E-state index in [9.17, 15) is 15.0 Å². The van der Waals surface area contributed by atoms with Crippen LogP contribution in [0.3, 0.4) is 0 Å². The van der Waals surface area contributed by atoms with Gasteiger partial charge < -0.3 is 24.6 Å². The van der Waals surface area contributed by atoms with Gasteiger partial charge in [-0.2, -0.15) is 0 Å². The Balaban J connectivity index is 1.52. The van der Waals surface area contributed by atoms with Crippen LogP contribution < -0.4 is 4.74 Å². The number of benzene rings is 1. The summed E-state index contributed by atoms with van der Waals surface area (Å²) in [6.45, 7) is 3.15. The number of aliphatic hydroxyl groups is 2. The van der Waals surface area contributed by atoms with Crippen LogP contribution in [0.15, 0.2) is 24.3 Å². The van der Waals surface area contributed by atoms with Gasteiger partial charge in [0.1, 0.15) is 11.9 Å². The Morgan fingerprint density at radius 3 is 2.72 bits per heavy atom. The van der Waals surface area contributed by atoms with Crippen molar-refractivity contribution in [2.24, 2.45) is 0 Å². The van der Waals surface area contributed by atoms with Gasteiger partial charge in [0.05, 0.1) is 38.9 Å². The number of hydrogen-bond acceptors (Lipinski definition) is 6. The van der Waals surface area contributed by atoms with E-state index in [1.54, 1.807) is 7.11 Å². The molecule has 2 heterocycles. The molecule has 1 aromatic rings. The summed E-state index contributed by atoms with van der Waals surface area (Å²) in [6.07, 6.45) is -1.29. The Hall–Kier alpha value is -1.67. The first kappa shape index (κ1) is 18.1. The van der Waals surface area contributed by atoms with Gasteiger partial charge in [-0.05, 0) is 17.7 Å². The first-order valence-corrected chi connectivity index (χ1v) is 8.67. The van der Waals surface area contributed by atoms with Gasteiger partial charge in [-0.3, -0.25) is 9.69 Å². The van der Waals surface area contributed by atoms with Crippen molar-refractivity contribution in [3.63, 3.8) is 0 Å². The van der Waals surface area contributed by atoms with Crippen molar-refractivity contribution in [2.45, 2.75) is 24.7 Å². The minimum Gasteiger partial charge on any atom is -0.497 e. The van der Waals surface area contributed by atoms with Crippen LogP contribution in [0.5, 0.6) is 5.75 Å². The summed E-state index contributed by atoms with van der Waals surface area (Å²) < 4.78 is 10.5. The predicted molar refractivity (Wildman–Crippen MR) is 91.5 cm³/mol. The molecule has 2 aliphatic heterocycles. The van der Waals surface area contributed by atoms with E-state index in [1.807, 2.05) is 29.2 Å². The number of amides is 1. The Kier molecular flexibility index (Phi) is 5.90. The lowest BCUT2D eigenvalue weighted by molar-refractivity contribution is -0.144. The van der Waals surface area contributed by atoms with Crippen molar-refractivity contribution in [1.29, 1.82) is 0 Å². The van der Waals surface area contributed by atoms with Crippen LogP contribution in [0.25, 0.3) is 0 Å². The summed E-state index contributed by atoms with van der Waals surface area (Å²) in [6, 6.07) is 7.34. The monoisotopic (exact) mass is 350 g/mol. The molecular weight excluding hydrogens is 324 g/mol. The number of nitrogens with zero attached hydrogens (tertiary/aromatic N) is 2. The van der Waals surface area contributed by atoms with Gasteiger partial charge in [0.2, 0.25) is 5.91 Å². The molecule has 0 radical (unpaired) electrons. The molecule has 0 bridgehead atoms. The quantitative estimate of drug-likeness (QED) is 0.762. The zero-order valence-corrected chi connectivity index (χ0v) is 14.5. The van der Waals surface area contributed by atoms with Gasteiger partial charge in [-0.25, -0.2) is 0 Å². The second kappa shape index (κ2) is 8.14. The summed E-state index contributed by atoms with van der Waals surface area (Å²) in [4.78, 5) is 16.5. The minimum absolute atomic E-state index is 0.0911. The molecular formula is C18H26N2O5. The van der Waals surface area contributed by atoms with Crippen LogP contribution in [0.4, 0.5) is 0 Å². The van der Waals surface area contributed by atoms with Gasteiger partial charge in [-0.15, -0.1) is 0 Å². The van der Waals surface area contributed by atoms with Gasteiger partial charge >= 0.3 is 0 Å². The number of methoxy groups -OCH3 is 1. The number of rotatable bonds is 4. The number of ether oxygens (including phenoxy) is 2. The summed E-state index contributed by atoms with van der Waals surface area (Å²) in [5.41, 5.74) is 0.936. The second-order valence-electron chi connectivity index (χ2n) is 6.61. The zero-order chi connectivity index (χ0) is 17.8. The third-order valence-electron chi connectivity index (χ3n) is 4.99. The molecule has 7 heteroatoms. The largest absolute Gasteiger partial charge is 0.497 e. The zero-order valence-electron chi connectivity index (χ0n) is 14.5. The van der Waals surface area contributed by atoms with Crippen LogP contribution in [0.1, 0.15) is 5.56 Å². The van der Waals surface area contributed by atoms with E-state index in [0.717, 1.165) is 11.3 Å². The summed E-state index contributed by atoms with van der Waals surface area (Å²) in [5.74, 6) is 0.841. The summed E-state index contributed by atoms with van der Waals surface area (Å²) in [7, 11) is 1.61. The highest BCUT2D eigenvalue weighted by Crippen LogP contribution is 2.18. The van der Waals surface area contributed by atoms with E-state index in [4.69, 9.17) is 9.47 Å². The van der Waals surface area contributed by atoms with E-state index in [-0.39, 0.29) is 18.6 Å². The maximum Gasteiger partial charge on any atom is 0.227 e. The van der Waals surface area contributed by atoms with Crippen LogP contribution in [-0.4, -0.2) is 90.7 Å². The lowest BCUT2D eigenvalue weighted by Gasteiger charge is -2.43. The SMILES string of the molecule is COc1cccc(CC(=O)N2CCN([C@@H]3COC[C@@H](O)[C@H]3O)CC2)c1. The second-order valence-corrected chi connectivity index (χ2v) is 6.61. The molecule has 0 saturated carbocycles. The third-order valence-corrected chi connectivity index (χ3v) is 4.99. The summed E-state index contributed by atoms with van der Waals surface area (Å²) >= 11 is 0. The molecule has 0 aromatic heterocycles. The van der Waals surface area contributed by atoms with Gasteiger partial charge in [-0.1, -0.05) is 12.1 Å². The molecule has 25 heavy (non-hydrogen) atoms. The Morgan fingerprint density at radius 2 is 2.00 bits per heavy atom. The lowest BCUT2D eigenvalue weighted by atomic mass is 10.0. The molecule has 138 valence electrons. The molecule has 0 unspecified atom stereocenters. The molecule has 0 aliphatic carbocycles. The molecule has 2 aliphatic rings. The molecule has 1 aromatic carbocycles. The van der Waals surface area contributed by atoms with Gasteiger partial charge in [0.15, 0.2) is 0 Å². The van der Waals surface area contributed by atoms with Crippen molar-refractivity contribution in [2.75, 3.05) is 46.5 Å². The van der Waals surface area contributed by atoms with Crippen LogP contribution in [0.2, 0.25) is 0 Å². The number of aliphatic hydroxyl groups excluding tert-OH is 2. The Morgan fingerprint density at radius 1 is 1.24 bits per heavy atom. The number of carbonyl (C=O) groups is 1. The molecule has 7 nitrogen and oxygen atoms in total. The molecule has 2 N–H and O–H groups in total. The highest BCUT2D eigenvalue weighted by Gasteiger charge is 2.36. The van der Waals surface area contributed by atoms with Crippen molar-refractivity contribution < 1.29 is 24.5 Å². The Bertz CT molecular complexity index is 589. The molecule has 0 spiro atoms. The number of piperazine rings is 1. The predicted octanol–water partition coefficient (Wildman–Crippen LogP) is -0.497. The fourth-order valence-electron chi connectivity index (χ4n) is 3.46. The van der Waals surface area contributed by atoms with E-state index in [1.165, 1.54) is 0 Å². The fourth-order valence-corrected chi connectivity index (χ4v) is 3.46. The number of hydrogen-bond donors (Lipinski definition) is 2. The highest BCUT2D eigenvalue weighted by atomic mass is 16.5. The van der Waals surface area contributed by atoms with E-state index in [2.05, 4.69) is 4.90 Å². The lowest BCUT2D eigenvalue weighted by Crippen LogP contribution is -2.60. The van der Waals surface area contributed by atoms with E-state index >= 15 is 0 Å². The molecule has 3 rings (SSSR count). The van der Waals surface area contributed by atoms with Crippen LogP contribution in [-0.2, 0) is 16.0 Å². The fraction of sp³-hybridized carbons (Fsp3) is 0.611. The standard InChI is InChI=1S/C18H26N2O5/c1-24-14-4-2-3-13(9-14)10-17(22)20-7-5-19(6-8-20)15-11-25-12-16(21)18(15)23/h2-4,9,15-16,18,21,23H,5-8,10-12H2,1H3/t15-,16-,18+/m1/s1. The summed E-state index contributed by atoms with van der Waals surface area (Å²) in [5, 5.41) is 19.9. The normalized spacial score (nSPS) is 28.0. The topological polar surface area (TPSA) is 82.5 Å². The first-order chi connectivity index (χ1) is 12.1. The average molecular weight is 350 g/mol. The van der Waals surface area contributed by atoms with Crippen molar-refractivity contribution in [1.82, 2.24) is 9.80 Å². The maximum atomic E-state index is 12.5.